The quantitative estimate of drug-likeness (QED) is 0.175. The van der Waals surface area contributed by atoms with Crippen LogP contribution in [0.25, 0.3) is 22.3 Å². The van der Waals surface area contributed by atoms with Gasteiger partial charge in [0.05, 0.1) is 24.1 Å². The van der Waals surface area contributed by atoms with E-state index in [0.29, 0.717) is 75.3 Å². The molecule has 3 aliphatic carbocycles. The predicted octanol–water partition coefficient (Wildman–Crippen LogP) is 6.37. The maximum atomic E-state index is 14.9. The lowest BCUT2D eigenvalue weighted by Crippen LogP contribution is -2.59. The lowest BCUT2D eigenvalue weighted by atomic mass is 9.45. The van der Waals surface area contributed by atoms with E-state index in [1.54, 1.807) is 29.1 Å². The molecule has 2 aromatic heterocycles. The number of ether oxygens (including phenoxy) is 1. The number of guanidine groups is 1. The molecule has 0 amide bonds. The molecular formula is C39H48FN7O2. The zero-order valence-electron chi connectivity index (χ0n) is 29.4. The van der Waals surface area contributed by atoms with E-state index in [2.05, 4.69) is 55.1 Å². The summed E-state index contributed by atoms with van der Waals surface area (Å²) in [5, 5.41) is 7.84. The summed E-state index contributed by atoms with van der Waals surface area (Å²) in [6.07, 6.45) is 6.14. The standard InChI is InChI=1S/C39H48FN7O2/c1-23-21-46(22-24(2)42-23)38(45-34-17-28-16-32(25(34)3)39(28,4)5)43-29-10-12-31-35(18-29)44-36(27-8-7-14-41-20-27)47(37(31)48)15-13-26-9-11-30(49-6)19-33(26)40/h7-12,14,18-20,23-25,28,32,34,42H,13,15-17,21-22H2,1-6H3,(H,43,45)/t23-,24+,25-,28-,32+,34?/m0/s1. The third-order valence-electron chi connectivity index (χ3n) is 11.5. The molecule has 4 aromatic rings. The van der Waals surface area contributed by atoms with E-state index in [-0.39, 0.29) is 24.0 Å². The molecule has 1 saturated heterocycles. The van der Waals surface area contributed by atoms with E-state index in [1.807, 2.05) is 30.3 Å². The molecule has 2 N–H and O–H groups in total. The molecule has 0 radical (unpaired) electrons. The van der Waals surface area contributed by atoms with Crippen molar-refractivity contribution in [3.05, 3.63) is 82.7 Å². The van der Waals surface area contributed by atoms with Crippen LogP contribution in [0.3, 0.4) is 0 Å². The van der Waals surface area contributed by atoms with Crippen LogP contribution in [0.2, 0.25) is 0 Å². The minimum Gasteiger partial charge on any atom is -0.497 e. The van der Waals surface area contributed by atoms with Gasteiger partial charge in [0.15, 0.2) is 5.96 Å². The minimum absolute atomic E-state index is 0.180. The van der Waals surface area contributed by atoms with Crippen LogP contribution in [0.4, 0.5) is 10.1 Å². The van der Waals surface area contributed by atoms with Crippen molar-refractivity contribution in [3.8, 4) is 17.1 Å². The molecule has 4 aliphatic rings. The van der Waals surface area contributed by atoms with E-state index in [1.165, 1.54) is 19.6 Å². The fourth-order valence-electron chi connectivity index (χ4n) is 8.58. The van der Waals surface area contributed by atoms with Crippen LogP contribution in [0.5, 0.6) is 5.75 Å². The molecule has 1 aliphatic heterocycles. The van der Waals surface area contributed by atoms with Crippen molar-refractivity contribution in [2.45, 2.75) is 78.6 Å². The largest absolute Gasteiger partial charge is 0.497 e. The van der Waals surface area contributed by atoms with Gasteiger partial charge in [0.25, 0.3) is 5.56 Å². The summed E-state index contributed by atoms with van der Waals surface area (Å²) < 4.78 is 21.6. The number of piperazine rings is 1. The average Bonchev–Trinajstić information content (AvgIpc) is 3.08. The molecule has 1 unspecified atom stereocenters. The van der Waals surface area contributed by atoms with Crippen LogP contribution in [0.15, 0.2) is 70.7 Å². The Balaban J connectivity index is 1.24. The van der Waals surface area contributed by atoms with Gasteiger partial charge in [0.1, 0.15) is 17.4 Å². The molecule has 3 heterocycles. The smallest absolute Gasteiger partial charge is 0.261 e. The number of halogens is 1. The van der Waals surface area contributed by atoms with Crippen LogP contribution in [-0.4, -0.2) is 63.7 Å². The molecule has 4 fully saturated rings. The molecule has 49 heavy (non-hydrogen) atoms. The second-order valence-corrected chi connectivity index (χ2v) is 15.0. The number of benzene rings is 2. The third kappa shape index (κ3) is 6.43. The molecule has 0 spiro atoms. The van der Waals surface area contributed by atoms with Gasteiger partial charge in [-0.2, -0.15) is 0 Å². The first-order chi connectivity index (χ1) is 23.5. The van der Waals surface area contributed by atoms with Gasteiger partial charge in [-0.3, -0.25) is 14.3 Å². The lowest BCUT2D eigenvalue weighted by Gasteiger charge is -2.61. The Kier molecular flexibility index (Phi) is 8.94. The lowest BCUT2D eigenvalue weighted by molar-refractivity contribution is -0.108. The number of fused-ring (bicyclic) bond motifs is 3. The molecule has 6 atom stereocenters. The first kappa shape index (κ1) is 33.2. The Morgan fingerprint density at radius 1 is 1.10 bits per heavy atom. The van der Waals surface area contributed by atoms with Gasteiger partial charge < -0.3 is 20.3 Å². The highest BCUT2D eigenvalue weighted by Gasteiger charge is 2.56. The summed E-state index contributed by atoms with van der Waals surface area (Å²) in [4.78, 5) is 31.3. The SMILES string of the molecule is COc1ccc(CCn2c(-c3cccnc3)nc3cc(NC(=NC4C[C@@H]5C[C@H]([C@@H]4C)C5(C)C)N4C[C@@H](C)N[C@@H](C)C4)ccc3c2=O)c(F)c1. The number of anilines is 1. The summed E-state index contributed by atoms with van der Waals surface area (Å²) >= 11 is 0. The van der Waals surface area contributed by atoms with Crippen LogP contribution < -0.4 is 20.9 Å². The molecule has 10 heteroatoms. The molecule has 2 bridgehead atoms. The van der Waals surface area contributed by atoms with E-state index in [0.717, 1.165) is 31.2 Å². The number of methoxy groups -OCH3 is 1. The maximum Gasteiger partial charge on any atom is 0.261 e. The minimum atomic E-state index is -0.367. The monoisotopic (exact) mass is 665 g/mol. The number of nitrogens with zero attached hydrogens (tertiary/aromatic N) is 5. The van der Waals surface area contributed by atoms with Crippen LogP contribution in [0, 0.1) is 29.0 Å². The first-order valence-corrected chi connectivity index (χ1v) is 17.6. The van der Waals surface area contributed by atoms with Crippen molar-refractivity contribution in [2.24, 2.45) is 28.2 Å². The third-order valence-corrected chi connectivity index (χ3v) is 11.5. The first-order valence-electron chi connectivity index (χ1n) is 17.6. The second kappa shape index (κ2) is 13.2. The molecule has 9 nitrogen and oxygen atoms in total. The van der Waals surface area contributed by atoms with Gasteiger partial charge in [0, 0.05) is 61.4 Å². The summed E-state index contributed by atoms with van der Waals surface area (Å²) in [6, 6.07) is 15.2. The average molecular weight is 666 g/mol. The molecule has 2 aromatic carbocycles. The number of aliphatic imine (C=N–C) groups is 1. The Morgan fingerprint density at radius 2 is 1.90 bits per heavy atom. The summed E-state index contributed by atoms with van der Waals surface area (Å²) in [5.74, 6) is 3.39. The van der Waals surface area contributed by atoms with Gasteiger partial charge in [-0.1, -0.05) is 26.8 Å². The van der Waals surface area contributed by atoms with E-state index in [9.17, 15) is 9.18 Å². The number of pyridine rings is 1. The summed E-state index contributed by atoms with van der Waals surface area (Å²) in [7, 11) is 1.51. The zero-order valence-corrected chi connectivity index (χ0v) is 29.4. The fraction of sp³-hybridized carbons (Fsp3) is 0.487. The highest BCUT2D eigenvalue weighted by atomic mass is 19.1. The highest BCUT2D eigenvalue weighted by Crippen LogP contribution is 2.61. The Labute approximate surface area is 288 Å². The van der Waals surface area contributed by atoms with E-state index < -0.39 is 0 Å². The van der Waals surface area contributed by atoms with Crippen LogP contribution >= 0.6 is 0 Å². The summed E-state index contributed by atoms with van der Waals surface area (Å²) in [6.45, 7) is 13.6. The van der Waals surface area contributed by atoms with Gasteiger partial charge in [-0.25, -0.2) is 14.4 Å². The van der Waals surface area contributed by atoms with Crippen LogP contribution in [-0.2, 0) is 13.0 Å². The molecule has 3 saturated carbocycles. The number of aryl methyl sites for hydroxylation is 1. The van der Waals surface area contributed by atoms with Crippen molar-refractivity contribution in [3.63, 3.8) is 0 Å². The number of hydrogen-bond acceptors (Lipinski definition) is 6. The van der Waals surface area contributed by atoms with Gasteiger partial charge in [-0.05, 0) is 98.2 Å². The highest BCUT2D eigenvalue weighted by molar-refractivity contribution is 5.96. The number of nitrogens with one attached hydrogen (secondary N) is 2. The predicted molar refractivity (Wildman–Crippen MR) is 194 cm³/mol. The van der Waals surface area contributed by atoms with Crippen molar-refractivity contribution in [1.29, 1.82) is 0 Å². The second-order valence-electron chi connectivity index (χ2n) is 15.0. The fourth-order valence-corrected chi connectivity index (χ4v) is 8.58. The van der Waals surface area contributed by atoms with Gasteiger partial charge >= 0.3 is 0 Å². The Bertz CT molecular complexity index is 1920. The van der Waals surface area contributed by atoms with E-state index >= 15 is 0 Å². The van der Waals surface area contributed by atoms with Crippen molar-refractivity contribution in [2.75, 3.05) is 25.5 Å². The van der Waals surface area contributed by atoms with Crippen LogP contribution in [0.1, 0.15) is 53.0 Å². The normalized spacial score (nSPS) is 26.3. The number of aromatic nitrogens is 3. The topological polar surface area (TPSA) is 96.7 Å². The zero-order chi connectivity index (χ0) is 34.4. The van der Waals surface area contributed by atoms with Crippen molar-refractivity contribution < 1.29 is 9.13 Å². The Morgan fingerprint density at radius 3 is 2.57 bits per heavy atom. The van der Waals surface area contributed by atoms with Crippen molar-refractivity contribution >= 4 is 22.5 Å². The summed E-state index contributed by atoms with van der Waals surface area (Å²) in [5.41, 5.74) is 2.84. The van der Waals surface area contributed by atoms with Gasteiger partial charge in [0.2, 0.25) is 0 Å². The van der Waals surface area contributed by atoms with E-state index in [4.69, 9.17) is 14.7 Å². The van der Waals surface area contributed by atoms with Crippen molar-refractivity contribution in [1.82, 2.24) is 24.8 Å². The van der Waals surface area contributed by atoms with Gasteiger partial charge in [-0.15, -0.1) is 0 Å². The molecule has 258 valence electrons. The number of rotatable bonds is 7. The molecular weight excluding hydrogens is 617 g/mol. The Hall–Kier alpha value is -4.31. The maximum absolute atomic E-state index is 14.9. The number of hydrogen-bond donors (Lipinski definition) is 2. The molecule has 8 rings (SSSR count).